The summed E-state index contributed by atoms with van der Waals surface area (Å²) in [5, 5.41) is 23.9. The number of hydrogen-bond donors (Lipinski definition) is 3. The van der Waals surface area contributed by atoms with E-state index < -0.39 is 11.6 Å². The highest BCUT2D eigenvalue weighted by molar-refractivity contribution is 6.03. The summed E-state index contributed by atoms with van der Waals surface area (Å²) >= 11 is 0. The Morgan fingerprint density at radius 2 is 1.64 bits per heavy atom. The molecule has 0 bridgehead atoms. The first-order valence-electron chi connectivity index (χ1n) is 7.55. The number of aryl methyl sites for hydroxylation is 1. The van der Waals surface area contributed by atoms with E-state index in [4.69, 9.17) is 14.2 Å². The van der Waals surface area contributed by atoms with E-state index in [0.717, 1.165) is 5.56 Å². The highest BCUT2D eigenvalue weighted by Gasteiger charge is 2.47. The lowest BCUT2D eigenvalue weighted by molar-refractivity contribution is 0.0454. The normalized spacial score (nSPS) is 18.5. The maximum Gasteiger partial charge on any atom is 0.258 e. The van der Waals surface area contributed by atoms with E-state index in [2.05, 4.69) is 5.32 Å². The minimum Gasteiger partial charge on any atom is -0.508 e. The molecule has 1 heterocycles. The molecule has 2 aromatic rings. The molecule has 0 aromatic heterocycles. The van der Waals surface area contributed by atoms with Crippen LogP contribution in [0.5, 0.6) is 23.0 Å². The Balaban J connectivity index is 2.33. The molecule has 2 aromatic carbocycles. The molecule has 1 amide bonds. The lowest BCUT2D eigenvalue weighted by atomic mass is 9.91. The van der Waals surface area contributed by atoms with Gasteiger partial charge in [-0.2, -0.15) is 0 Å². The minimum atomic E-state index is -1.90. The highest BCUT2D eigenvalue weighted by Crippen LogP contribution is 2.46. The number of ether oxygens (including phenoxy) is 3. The number of benzene rings is 2. The molecule has 25 heavy (non-hydrogen) atoms. The first kappa shape index (κ1) is 16.9. The summed E-state index contributed by atoms with van der Waals surface area (Å²) in [5.74, 6) is 0.217. The Kier molecular flexibility index (Phi) is 3.96. The summed E-state index contributed by atoms with van der Waals surface area (Å²) in [6.45, 7) is 1.83. The highest BCUT2D eigenvalue weighted by atomic mass is 16.5. The van der Waals surface area contributed by atoms with Gasteiger partial charge in [0.05, 0.1) is 32.5 Å². The zero-order chi connectivity index (χ0) is 18.4. The molecule has 0 saturated heterocycles. The van der Waals surface area contributed by atoms with Crippen molar-refractivity contribution in [2.45, 2.75) is 12.6 Å². The van der Waals surface area contributed by atoms with E-state index in [0.29, 0.717) is 11.3 Å². The van der Waals surface area contributed by atoms with Gasteiger partial charge in [-0.05, 0) is 30.7 Å². The van der Waals surface area contributed by atoms with Gasteiger partial charge in [-0.3, -0.25) is 4.79 Å². The van der Waals surface area contributed by atoms with Crippen LogP contribution in [0.3, 0.4) is 0 Å². The Bertz CT molecular complexity index is 863. The van der Waals surface area contributed by atoms with Gasteiger partial charge in [0.15, 0.2) is 17.2 Å². The van der Waals surface area contributed by atoms with Gasteiger partial charge in [0.25, 0.3) is 5.91 Å². The smallest absolute Gasteiger partial charge is 0.258 e. The molecule has 0 unspecified atom stereocenters. The van der Waals surface area contributed by atoms with Gasteiger partial charge in [0.1, 0.15) is 11.5 Å². The molecule has 1 aliphatic heterocycles. The maximum atomic E-state index is 12.5. The van der Waals surface area contributed by atoms with Gasteiger partial charge in [0.2, 0.25) is 0 Å². The van der Waals surface area contributed by atoms with E-state index in [9.17, 15) is 15.0 Å². The van der Waals surface area contributed by atoms with Gasteiger partial charge < -0.3 is 29.7 Å². The van der Waals surface area contributed by atoms with Crippen molar-refractivity contribution in [3.8, 4) is 23.0 Å². The molecule has 1 atom stereocenters. The Hall–Kier alpha value is -2.93. The SMILES string of the molecule is COc1cc(C)cc([C@@]2(O)NC(=O)c3c(OC)cc(O)cc32)c1OC. The maximum absolute atomic E-state index is 12.5. The van der Waals surface area contributed by atoms with Crippen LogP contribution >= 0.6 is 0 Å². The molecule has 0 saturated carbocycles. The zero-order valence-electron chi connectivity index (χ0n) is 14.3. The van der Waals surface area contributed by atoms with Gasteiger partial charge in [0, 0.05) is 11.6 Å². The standard InChI is InChI=1S/C18H19NO6/c1-9-5-12(16(25-4)14(6-9)24-3)18(22)11-7-10(20)8-13(23-2)15(11)17(21)19-18/h5-8,20,22H,1-4H3,(H,19,21)/t18-/m1/s1. The second-order valence-corrected chi connectivity index (χ2v) is 5.78. The van der Waals surface area contributed by atoms with Crippen LogP contribution < -0.4 is 19.5 Å². The molecule has 132 valence electrons. The topological polar surface area (TPSA) is 97.3 Å². The predicted octanol–water partition coefficient (Wildman–Crippen LogP) is 1.66. The molecular formula is C18H19NO6. The quantitative estimate of drug-likeness (QED) is 0.780. The van der Waals surface area contributed by atoms with Crippen molar-refractivity contribution in [3.63, 3.8) is 0 Å². The van der Waals surface area contributed by atoms with Gasteiger partial charge >= 0.3 is 0 Å². The van der Waals surface area contributed by atoms with Crippen molar-refractivity contribution < 1.29 is 29.2 Å². The third-order valence-electron chi connectivity index (χ3n) is 4.23. The largest absolute Gasteiger partial charge is 0.508 e. The number of aromatic hydroxyl groups is 1. The van der Waals surface area contributed by atoms with Crippen LogP contribution in [0.2, 0.25) is 0 Å². The van der Waals surface area contributed by atoms with Crippen molar-refractivity contribution in [2.75, 3.05) is 21.3 Å². The molecule has 3 rings (SSSR count). The first-order valence-corrected chi connectivity index (χ1v) is 7.55. The Labute approximate surface area is 144 Å². The summed E-state index contributed by atoms with van der Waals surface area (Å²) in [6.07, 6.45) is 0. The molecular weight excluding hydrogens is 326 g/mol. The van der Waals surface area contributed by atoms with Crippen LogP contribution in [-0.4, -0.2) is 37.4 Å². The average molecular weight is 345 g/mol. The number of hydrogen-bond acceptors (Lipinski definition) is 6. The number of nitrogens with one attached hydrogen (secondary N) is 1. The summed E-state index contributed by atoms with van der Waals surface area (Å²) in [5.41, 5.74) is -0.462. The molecule has 1 aliphatic rings. The summed E-state index contributed by atoms with van der Waals surface area (Å²) in [6, 6.07) is 6.09. The van der Waals surface area contributed by atoms with E-state index in [1.807, 2.05) is 6.92 Å². The lowest BCUT2D eigenvalue weighted by Gasteiger charge is -2.27. The lowest BCUT2D eigenvalue weighted by Crippen LogP contribution is -2.40. The minimum absolute atomic E-state index is 0.135. The van der Waals surface area contributed by atoms with Gasteiger partial charge in [-0.25, -0.2) is 0 Å². The number of rotatable bonds is 4. The Morgan fingerprint density at radius 1 is 0.960 bits per heavy atom. The van der Waals surface area contributed by atoms with E-state index in [1.54, 1.807) is 12.1 Å². The second kappa shape index (κ2) is 5.86. The number of methoxy groups -OCH3 is 3. The van der Waals surface area contributed by atoms with Crippen molar-refractivity contribution in [2.24, 2.45) is 0 Å². The van der Waals surface area contributed by atoms with Gasteiger partial charge in [-0.1, -0.05) is 0 Å². The fourth-order valence-electron chi connectivity index (χ4n) is 3.16. The number of aliphatic hydroxyl groups is 1. The monoisotopic (exact) mass is 345 g/mol. The summed E-state index contributed by atoms with van der Waals surface area (Å²) in [4.78, 5) is 12.5. The van der Waals surface area contributed by atoms with Crippen molar-refractivity contribution in [3.05, 3.63) is 46.5 Å². The number of fused-ring (bicyclic) bond motifs is 1. The summed E-state index contributed by atoms with van der Waals surface area (Å²) in [7, 11) is 4.32. The number of phenolic OH excluding ortho intramolecular Hbond substituents is 1. The molecule has 7 heteroatoms. The third-order valence-corrected chi connectivity index (χ3v) is 4.23. The fraction of sp³-hybridized carbons (Fsp3) is 0.278. The van der Waals surface area contributed by atoms with E-state index in [-0.39, 0.29) is 28.4 Å². The average Bonchev–Trinajstić information content (AvgIpc) is 2.84. The molecule has 0 spiro atoms. The van der Waals surface area contributed by atoms with E-state index >= 15 is 0 Å². The van der Waals surface area contributed by atoms with Crippen LogP contribution in [0.25, 0.3) is 0 Å². The fourth-order valence-corrected chi connectivity index (χ4v) is 3.16. The van der Waals surface area contributed by atoms with Crippen LogP contribution in [0.15, 0.2) is 24.3 Å². The van der Waals surface area contributed by atoms with Gasteiger partial charge in [-0.15, -0.1) is 0 Å². The number of carbonyl (C=O) groups is 1. The molecule has 0 radical (unpaired) electrons. The predicted molar refractivity (Wildman–Crippen MR) is 89.4 cm³/mol. The first-order chi connectivity index (χ1) is 11.8. The molecule has 7 nitrogen and oxygen atoms in total. The van der Waals surface area contributed by atoms with E-state index in [1.165, 1.54) is 33.5 Å². The number of amides is 1. The van der Waals surface area contributed by atoms with Crippen LogP contribution in [-0.2, 0) is 5.72 Å². The number of carbonyl (C=O) groups excluding carboxylic acids is 1. The van der Waals surface area contributed by atoms with Crippen LogP contribution in [0.1, 0.15) is 27.0 Å². The third kappa shape index (κ3) is 2.44. The molecule has 0 fully saturated rings. The number of phenols is 1. The van der Waals surface area contributed by atoms with Crippen molar-refractivity contribution in [1.82, 2.24) is 5.32 Å². The zero-order valence-corrected chi connectivity index (χ0v) is 14.3. The van der Waals surface area contributed by atoms with Crippen LogP contribution in [0, 0.1) is 6.92 Å². The van der Waals surface area contributed by atoms with Crippen molar-refractivity contribution >= 4 is 5.91 Å². The van der Waals surface area contributed by atoms with Crippen molar-refractivity contribution in [1.29, 1.82) is 0 Å². The van der Waals surface area contributed by atoms with Crippen LogP contribution in [0.4, 0.5) is 0 Å². The molecule has 0 aliphatic carbocycles. The molecule has 3 N–H and O–H groups in total. The second-order valence-electron chi connectivity index (χ2n) is 5.78. The summed E-state index contributed by atoms with van der Waals surface area (Å²) < 4.78 is 15.9. The Morgan fingerprint density at radius 3 is 2.24 bits per heavy atom.